The average molecular weight is 295 g/mol. The summed E-state index contributed by atoms with van der Waals surface area (Å²) in [5.74, 6) is -0.606. The minimum absolute atomic E-state index is 0.270. The van der Waals surface area contributed by atoms with E-state index in [9.17, 15) is 8.78 Å². The average Bonchev–Trinajstić information content (AvgIpc) is 2.94. The summed E-state index contributed by atoms with van der Waals surface area (Å²) in [5.41, 5.74) is 0.863. The van der Waals surface area contributed by atoms with Gasteiger partial charge in [0, 0.05) is 0 Å². The lowest BCUT2D eigenvalue weighted by atomic mass is 9.77. The van der Waals surface area contributed by atoms with E-state index in [1.165, 1.54) is 43.9 Å². The van der Waals surface area contributed by atoms with Crippen molar-refractivity contribution in [1.82, 2.24) is 5.32 Å². The van der Waals surface area contributed by atoms with E-state index >= 15 is 0 Å². The summed E-state index contributed by atoms with van der Waals surface area (Å²) in [6, 6.07) is 3.79. The molecular formula is C18H27F2N. The summed E-state index contributed by atoms with van der Waals surface area (Å²) >= 11 is 0. The van der Waals surface area contributed by atoms with Crippen LogP contribution in [0, 0.1) is 17.0 Å². The van der Waals surface area contributed by atoms with Crippen LogP contribution in [0.3, 0.4) is 0 Å². The van der Waals surface area contributed by atoms with E-state index < -0.39 is 0 Å². The van der Waals surface area contributed by atoms with Gasteiger partial charge in [-0.2, -0.15) is 0 Å². The van der Waals surface area contributed by atoms with Crippen LogP contribution in [0.5, 0.6) is 0 Å². The molecule has 1 nitrogen and oxygen atoms in total. The Morgan fingerprint density at radius 3 is 2.57 bits per heavy atom. The van der Waals surface area contributed by atoms with Crippen LogP contribution < -0.4 is 5.32 Å². The Kier molecular flexibility index (Phi) is 6.16. The molecule has 21 heavy (non-hydrogen) atoms. The molecule has 1 fully saturated rings. The van der Waals surface area contributed by atoms with Crippen molar-refractivity contribution >= 4 is 0 Å². The number of hydrogen-bond acceptors (Lipinski definition) is 1. The second-order valence-corrected chi connectivity index (χ2v) is 6.44. The lowest BCUT2D eigenvalue weighted by Gasteiger charge is -2.29. The Labute approximate surface area is 127 Å². The minimum atomic E-state index is -0.337. The molecule has 118 valence electrons. The van der Waals surface area contributed by atoms with Gasteiger partial charge in [0.1, 0.15) is 11.6 Å². The maximum atomic E-state index is 13.7. The molecule has 0 unspecified atom stereocenters. The number of halogens is 2. The fraction of sp³-hybridized carbons (Fsp3) is 0.667. The Morgan fingerprint density at radius 2 is 1.86 bits per heavy atom. The highest BCUT2D eigenvalue weighted by Crippen LogP contribution is 2.44. The van der Waals surface area contributed by atoms with Gasteiger partial charge in [-0.3, -0.25) is 0 Å². The summed E-state index contributed by atoms with van der Waals surface area (Å²) in [6.45, 7) is 4.28. The summed E-state index contributed by atoms with van der Waals surface area (Å²) in [6.07, 6.45) is 8.96. The molecule has 1 aromatic carbocycles. The molecule has 3 heteroatoms. The molecule has 1 aromatic rings. The van der Waals surface area contributed by atoms with Crippen molar-refractivity contribution in [1.29, 1.82) is 0 Å². The zero-order valence-corrected chi connectivity index (χ0v) is 13.1. The van der Waals surface area contributed by atoms with Gasteiger partial charge in [0.2, 0.25) is 0 Å². The van der Waals surface area contributed by atoms with E-state index in [1.807, 2.05) is 0 Å². The zero-order valence-electron chi connectivity index (χ0n) is 13.1. The molecule has 0 aliphatic heterocycles. The van der Waals surface area contributed by atoms with Crippen molar-refractivity contribution in [3.05, 3.63) is 35.4 Å². The molecule has 0 aromatic heterocycles. The van der Waals surface area contributed by atoms with Gasteiger partial charge in [-0.1, -0.05) is 19.8 Å². The molecule has 0 atom stereocenters. The van der Waals surface area contributed by atoms with Gasteiger partial charge in [0.05, 0.1) is 0 Å². The first-order chi connectivity index (χ1) is 10.2. The lowest BCUT2D eigenvalue weighted by molar-refractivity contribution is 0.244. The van der Waals surface area contributed by atoms with Crippen LogP contribution in [0.25, 0.3) is 0 Å². The third-order valence-corrected chi connectivity index (χ3v) is 4.86. The normalized spacial score (nSPS) is 17.3. The summed E-state index contributed by atoms with van der Waals surface area (Å²) in [7, 11) is 0. The van der Waals surface area contributed by atoms with E-state index in [0.29, 0.717) is 17.4 Å². The Balaban J connectivity index is 1.91. The smallest absolute Gasteiger partial charge is 0.126 e. The Morgan fingerprint density at radius 1 is 1.10 bits per heavy atom. The first-order valence-electron chi connectivity index (χ1n) is 8.30. The van der Waals surface area contributed by atoms with Gasteiger partial charge < -0.3 is 5.32 Å². The van der Waals surface area contributed by atoms with Crippen LogP contribution in [-0.2, 0) is 6.42 Å². The monoisotopic (exact) mass is 295 g/mol. The van der Waals surface area contributed by atoms with E-state index in [2.05, 4.69) is 12.2 Å². The van der Waals surface area contributed by atoms with Crippen molar-refractivity contribution in [3.8, 4) is 0 Å². The van der Waals surface area contributed by atoms with Crippen molar-refractivity contribution < 1.29 is 8.78 Å². The summed E-state index contributed by atoms with van der Waals surface area (Å²) in [5, 5.41) is 3.47. The van der Waals surface area contributed by atoms with E-state index in [4.69, 9.17) is 0 Å². The molecular weight excluding hydrogens is 268 g/mol. The first kappa shape index (κ1) is 16.4. The van der Waals surface area contributed by atoms with Crippen LogP contribution in [0.1, 0.15) is 57.4 Å². The van der Waals surface area contributed by atoms with Crippen LogP contribution in [0.4, 0.5) is 8.78 Å². The predicted molar refractivity (Wildman–Crippen MR) is 83.4 cm³/mol. The van der Waals surface area contributed by atoms with Crippen molar-refractivity contribution in [2.75, 3.05) is 13.1 Å². The number of rotatable bonds is 8. The highest BCUT2D eigenvalue weighted by Gasteiger charge is 2.32. The fourth-order valence-corrected chi connectivity index (χ4v) is 3.54. The zero-order chi connectivity index (χ0) is 15.1. The quantitative estimate of drug-likeness (QED) is 0.676. The second-order valence-electron chi connectivity index (χ2n) is 6.44. The summed E-state index contributed by atoms with van der Waals surface area (Å²) in [4.78, 5) is 0. The highest BCUT2D eigenvalue weighted by atomic mass is 19.1. The van der Waals surface area contributed by atoms with Gasteiger partial charge in [0.15, 0.2) is 0 Å². The maximum absolute atomic E-state index is 13.7. The van der Waals surface area contributed by atoms with Gasteiger partial charge in [-0.05, 0) is 80.8 Å². The van der Waals surface area contributed by atoms with Crippen molar-refractivity contribution in [2.24, 2.45) is 5.41 Å². The summed E-state index contributed by atoms with van der Waals surface area (Å²) < 4.78 is 27.0. The molecule has 0 amide bonds. The molecule has 1 aliphatic rings. The number of aryl methyl sites for hydroxylation is 1. The first-order valence-corrected chi connectivity index (χ1v) is 8.30. The fourth-order valence-electron chi connectivity index (χ4n) is 3.54. The molecule has 1 N–H and O–H groups in total. The Bertz CT molecular complexity index is 439. The lowest BCUT2D eigenvalue weighted by Crippen LogP contribution is -2.26. The maximum Gasteiger partial charge on any atom is 0.126 e. The minimum Gasteiger partial charge on any atom is -0.317 e. The van der Waals surface area contributed by atoms with Crippen LogP contribution in [0.2, 0.25) is 0 Å². The number of benzene rings is 1. The van der Waals surface area contributed by atoms with E-state index in [0.717, 1.165) is 32.4 Å². The third kappa shape index (κ3) is 4.77. The second kappa shape index (κ2) is 7.88. The molecule has 0 heterocycles. The molecule has 0 spiro atoms. The van der Waals surface area contributed by atoms with Crippen LogP contribution in [0.15, 0.2) is 18.2 Å². The van der Waals surface area contributed by atoms with Crippen molar-refractivity contribution in [2.45, 2.75) is 58.3 Å². The van der Waals surface area contributed by atoms with E-state index in [-0.39, 0.29) is 11.6 Å². The third-order valence-electron chi connectivity index (χ3n) is 4.86. The van der Waals surface area contributed by atoms with Crippen LogP contribution >= 0.6 is 0 Å². The van der Waals surface area contributed by atoms with Gasteiger partial charge in [0.25, 0.3) is 0 Å². The molecule has 0 saturated heterocycles. The topological polar surface area (TPSA) is 12.0 Å². The van der Waals surface area contributed by atoms with Gasteiger partial charge >= 0.3 is 0 Å². The molecule has 1 aliphatic carbocycles. The molecule has 0 bridgehead atoms. The van der Waals surface area contributed by atoms with Crippen molar-refractivity contribution in [3.63, 3.8) is 0 Å². The largest absolute Gasteiger partial charge is 0.317 e. The molecule has 0 radical (unpaired) electrons. The van der Waals surface area contributed by atoms with Gasteiger partial charge in [-0.25, -0.2) is 8.78 Å². The Hall–Kier alpha value is -0.960. The standard InChI is InChI=1S/C18H27F2N/c1-2-12-21-13-11-18(8-3-4-9-18)10-7-15-14-16(19)5-6-17(15)20/h5-6,14,21H,2-4,7-13H2,1H3. The SMILES string of the molecule is CCCNCCC1(CCc2cc(F)ccc2F)CCCC1. The number of nitrogens with one attached hydrogen (secondary N) is 1. The predicted octanol–water partition coefficient (Wildman–Crippen LogP) is 4.85. The van der Waals surface area contributed by atoms with E-state index in [1.54, 1.807) is 0 Å². The van der Waals surface area contributed by atoms with Crippen LogP contribution in [-0.4, -0.2) is 13.1 Å². The highest BCUT2D eigenvalue weighted by molar-refractivity contribution is 5.19. The van der Waals surface area contributed by atoms with Gasteiger partial charge in [-0.15, -0.1) is 0 Å². The number of hydrogen-bond donors (Lipinski definition) is 1. The molecule has 1 saturated carbocycles. The molecule has 2 rings (SSSR count).